The maximum Gasteiger partial charge on any atom is 0.330 e. The quantitative estimate of drug-likeness (QED) is 0.244. The molecule has 3 aliphatic heterocycles. The van der Waals surface area contributed by atoms with E-state index in [0.717, 1.165) is 27.8 Å². The number of ether oxygens (including phenoxy) is 6. The Morgan fingerprint density at radius 1 is 0.848 bits per heavy atom. The number of methoxy groups -OCH3 is 5. The number of fused-ring (bicyclic) bond motifs is 7. The van der Waals surface area contributed by atoms with Crippen LogP contribution in [-0.2, 0) is 22.4 Å². The summed E-state index contributed by atoms with van der Waals surface area (Å²) in [5.74, 6) is 2.77. The van der Waals surface area contributed by atoms with Crippen molar-refractivity contribution >= 4 is 12.0 Å². The molecule has 240 valence electrons. The molecule has 10 heteroatoms. The number of carbonyl (C=O) groups is 1. The van der Waals surface area contributed by atoms with Gasteiger partial charge in [-0.3, -0.25) is 9.80 Å². The van der Waals surface area contributed by atoms with Gasteiger partial charge in [0.05, 0.1) is 53.7 Å². The molecule has 3 aromatic carbocycles. The average molecular weight is 626 g/mol. The Balaban J connectivity index is 1.40. The molecule has 0 radical (unpaired) electrons. The van der Waals surface area contributed by atoms with Crippen LogP contribution in [0.4, 0.5) is 0 Å². The highest BCUT2D eigenvalue weighted by Crippen LogP contribution is 2.52. The van der Waals surface area contributed by atoms with Gasteiger partial charge in [-0.15, -0.1) is 0 Å². The molecule has 0 unspecified atom stereocenters. The van der Waals surface area contributed by atoms with Crippen molar-refractivity contribution in [2.24, 2.45) is 0 Å². The zero-order chi connectivity index (χ0) is 32.5. The predicted molar refractivity (Wildman–Crippen MR) is 172 cm³/mol. The molecule has 3 aliphatic rings. The summed E-state index contributed by atoms with van der Waals surface area (Å²) in [6, 6.07) is 17.0. The molecular weight excluding hydrogens is 586 g/mol. The van der Waals surface area contributed by atoms with Gasteiger partial charge in [0.25, 0.3) is 0 Å². The standard InChI is InChI=1S/C36H39N3O7/c1-38-27-13-23-16-32(43-4)34(45-6)18-26(23)36(38)28-14-22-15-31(42-3)33(44-5)17-25(22)30(39(28)29(27)19-37)20-46-35(40)11-10-21-8-7-9-24(12-21)41-2/h7-12,15-18,27-30,36H,13-14,20H2,1-6H3/b11-10+/t27-,28-,29-,30-,36+/m0/s1. The molecule has 1 saturated heterocycles. The van der Waals surface area contributed by atoms with Gasteiger partial charge in [-0.2, -0.15) is 5.26 Å². The maximum absolute atomic E-state index is 13.1. The number of nitriles is 1. The second-order valence-electron chi connectivity index (χ2n) is 11.7. The molecule has 0 saturated carbocycles. The molecule has 3 heterocycles. The van der Waals surface area contributed by atoms with Gasteiger partial charge >= 0.3 is 5.97 Å². The van der Waals surface area contributed by atoms with Crippen LogP contribution in [0.5, 0.6) is 28.7 Å². The van der Waals surface area contributed by atoms with E-state index in [9.17, 15) is 10.1 Å². The molecule has 5 atom stereocenters. The number of carbonyl (C=O) groups excluding carboxylic acids is 1. The third-order valence-electron chi connectivity index (χ3n) is 9.60. The van der Waals surface area contributed by atoms with E-state index in [1.54, 1.807) is 41.6 Å². The number of piperazine rings is 1. The van der Waals surface area contributed by atoms with Gasteiger partial charge in [-0.05, 0) is 90.2 Å². The van der Waals surface area contributed by atoms with E-state index >= 15 is 0 Å². The molecule has 1 fully saturated rings. The fourth-order valence-corrected chi connectivity index (χ4v) is 7.46. The van der Waals surface area contributed by atoms with Crippen LogP contribution >= 0.6 is 0 Å². The van der Waals surface area contributed by atoms with Crippen molar-refractivity contribution in [1.82, 2.24) is 9.80 Å². The molecule has 0 aromatic heterocycles. The fourth-order valence-electron chi connectivity index (χ4n) is 7.46. The van der Waals surface area contributed by atoms with Crippen molar-refractivity contribution in [3.63, 3.8) is 0 Å². The highest BCUT2D eigenvalue weighted by molar-refractivity contribution is 5.87. The van der Waals surface area contributed by atoms with E-state index in [0.29, 0.717) is 41.6 Å². The van der Waals surface area contributed by atoms with Gasteiger partial charge in [0.1, 0.15) is 18.4 Å². The van der Waals surface area contributed by atoms with Crippen molar-refractivity contribution in [3.8, 4) is 34.8 Å². The maximum atomic E-state index is 13.1. The summed E-state index contributed by atoms with van der Waals surface area (Å²) in [5.41, 5.74) is 5.12. The van der Waals surface area contributed by atoms with Crippen LogP contribution < -0.4 is 23.7 Å². The Hall–Kier alpha value is -4.72. The normalized spacial score (nSPS) is 23.4. The van der Waals surface area contributed by atoms with E-state index in [1.807, 2.05) is 42.5 Å². The van der Waals surface area contributed by atoms with Gasteiger partial charge in [0.2, 0.25) is 0 Å². The lowest BCUT2D eigenvalue weighted by Crippen LogP contribution is -2.68. The van der Waals surface area contributed by atoms with Crippen molar-refractivity contribution < 1.29 is 33.2 Å². The van der Waals surface area contributed by atoms with E-state index in [1.165, 1.54) is 6.08 Å². The molecule has 6 rings (SSSR count). The SMILES string of the molecule is COc1cccc(/C=C/C(=O)OC[C@H]2c3cc(OC)c(OC)cc3C[C@H]3[C@H]4c5cc(OC)c(OC)cc5C[C@@H]([C@H](C#N)N23)N4C)c1. The van der Waals surface area contributed by atoms with Gasteiger partial charge in [0.15, 0.2) is 23.0 Å². The summed E-state index contributed by atoms with van der Waals surface area (Å²) in [5, 5.41) is 10.7. The minimum absolute atomic E-state index is 0.0504. The third-order valence-corrected chi connectivity index (χ3v) is 9.60. The Bertz CT molecular complexity index is 1700. The largest absolute Gasteiger partial charge is 0.497 e. The van der Waals surface area contributed by atoms with E-state index < -0.39 is 18.1 Å². The number of hydrogen-bond acceptors (Lipinski definition) is 10. The molecule has 0 aliphatic carbocycles. The van der Waals surface area contributed by atoms with E-state index in [4.69, 9.17) is 28.4 Å². The van der Waals surface area contributed by atoms with Gasteiger partial charge in [0, 0.05) is 18.2 Å². The van der Waals surface area contributed by atoms with E-state index in [-0.39, 0.29) is 24.7 Å². The van der Waals surface area contributed by atoms with Gasteiger partial charge in [-0.25, -0.2) is 4.79 Å². The lowest BCUT2D eigenvalue weighted by atomic mass is 9.72. The first kappa shape index (κ1) is 31.3. The van der Waals surface area contributed by atoms with Crippen LogP contribution in [0.3, 0.4) is 0 Å². The highest BCUT2D eigenvalue weighted by atomic mass is 16.5. The molecule has 10 nitrogen and oxygen atoms in total. The van der Waals surface area contributed by atoms with Crippen LogP contribution in [0.1, 0.15) is 39.9 Å². The average Bonchev–Trinajstić information content (AvgIpc) is 3.08. The second-order valence-corrected chi connectivity index (χ2v) is 11.7. The molecule has 46 heavy (non-hydrogen) atoms. The Morgan fingerprint density at radius 3 is 2.09 bits per heavy atom. The summed E-state index contributed by atoms with van der Waals surface area (Å²) in [4.78, 5) is 17.7. The summed E-state index contributed by atoms with van der Waals surface area (Å²) >= 11 is 0. The highest BCUT2D eigenvalue weighted by Gasteiger charge is 2.54. The Labute approximate surface area is 269 Å². The van der Waals surface area contributed by atoms with Gasteiger partial charge in [-0.1, -0.05) is 12.1 Å². The number of hydrogen-bond donors (Lipinski definition) is 0. The molecule has 2 bridgehead atoms. The van der Waals surface area contributed by atoms with Crippen molar-refractivity contribution in [3.05, 3.63) is 82.4 Å². The topological polar surface area (TPSA) is 103 Å². The Kier molecular flexibility index (Phi) is 8.80. The monoisotopic (exact) mass is 625 g/mol. The van der Waals surface area contributed by atoms with Crippen LogP contribution in [0.15, 0.2) is 54.6 Å². The third kappa shape index (κ3) is 5.40. The molecular formula is C36H39N3O7. The summed E-state index contributed by atoms with van der Waals surface area (Å²) < 4.78 is 34.0. The number of nitrogens with zero attached hydrogens (tertiary/aromatic N) is 3. The number of esters is 1. The van der Waals surface area contributed by atoms with E-state index in [2.05, 4.69) is 29.0 Å². The van der Waals surface area contributed by atoms with Crippen LogP contribution in [-0.4, -0.2) is 83.1 Å². The lowest BCUT2D eigenvalue weighted by Gasteiger charge is -2.59. The van der Waals surface area contributed by atoms with Crippen molar-refractivity contribution in [2.75, 3.05) is 49.2 Å². The second kappa shape index (κ2) is 12.9. The first-order valence-electron chi connectivity index (χ1n) is 15.2. The number of benzene rings is 3. The molecule has 3 aromatic rings. The zero-order valence-electron chi connectivity index (χ0n) is 27.0. The summed E-state index contributed by atoms with van der Waals surface area (Å²) in [6.45, 7) is 0.0559. The number of rotatable bonds is 9. The smallest absolute Gasteiger partial charge is 0.330 e. The fraction of sp³-hybridized carbons (Fsp3) is 0.389. The predicted octanol–water partition coefficient (Wildman–Crippen LogP) is 4.76. The zero-order valence-corrected chi connectivity index (χ0v) is 27.0. The minimum atomic E-state index is -0.475. The molecule has 0 amide bonds. The van der Waals surface area contributed by atoms with Crippen molar-refractivity contribution in [2.45, 2.75) is 43.1 Å². The van der Waals surface area contributed by atoms with Crippen LogP contribution in [0.25, 0.3) is 6.08 Å². The minimum Gasteiger partial charge on any atom is -0.497 e. The summed E-state index contributed by atoms with van der Waals surface area (Å²) in [7, 11) is 10.2. The van der Waals surface area contributed by atoms with Gasteiger partial charge < -0.3 is 28.4 Å². The van der Waals surface area contributed by atoms with Crippen LogP contribution in [0, 0.1) is 11.3 Å². The van der Waals surface area contributed by atoms with Crippen LogP contribution in [0.2, 0.25) is 0 Å². The van der Waals surface area contributed by atoms with Crippen molar-refractivity contribution in [1.29, 1.82) is 5.26 Å². The lowest BCUT2D eigenvalue weighted by molar-refractivity contribution is -0.143. The number of likely N-dealkylation sites (N-methyl/N-ethyl adjacent to an activating group) is 1. The Morgan fingerprint density at radius 2 is 1.46 bits per heavy atom. The first-order valence-corrected chi connectivity index (χ1v) is 15.2. The molecule has 0 N–H and O–H groups in total. The first-order chi connectivity index (χ1) is 22.3. The summed E-state index contributed by atoms with van der Waals surface area (Å²) in [6.07, 6.45) is 4.44. The molecule has 0 spiro atoms.